The molecule has 2 fully saturated rings. The zero-order chi connectivity index (χ0) is 20.0. The molecule has 1 aromatic rings. The summed E-state index contributed by atoms with van der Waals surface area (Å²) in [7, 11) is 0. The Kier molecular flexibility index (Phi) is 4.66. The Labute approximate surface area is 163 Å². The number of rotatable bonds is 2. The summed E-state index contributed by atoms with van der Waals surface area (Å²) >= 11 is 0. The van der Waals surface area contributed by atoms with Crippen molar-refractivity contribution in [3.8, 4) is 0 Å². The summed E-state index contributed by atoms with van der Waals surface area (Å²) in [6.07, 6.45) is 0.279. The highest BCUT2D eigenvalue weighted by Crippen LogP contribution is 2.31. The molecule has 0 bridgehead atoms. The van der Waals surface area contributed by atoms with Gasteiger partial charge in [-0.2, -0.15) is 0 Å². The molecule has 0 radical (unpaired) electrons. The summed E-state index contributed by atoms with van der Waals surface area (Å²) in [6, 6.07) is 4.67. The first-order valence-corrected chi connectivity index (χ1v) is 9.69. The van der Waals surface area contributed by atoms with Crippen molar-refractivity contribution in [2.75, 3.05) is 24.5 Å². The Bertz CT molecular complexity index is 856. The number of hydrogen-bond donors (Lipinski definition) is 2. The first kappa shape index (κ1) is 18.6. The summed E-state index contributed by atoms with van der Waals surface area (Å²) in [6.45, 7) is 6.89. The van der Waals surface area contributed by atoms with Gasteiger partial charge in [0.1, 0.15) is 6.04 Å². The van der Waals surface area contributed by atoms with E-state index in [0.717, 1.165) is 30.2 Å². The Morgan fingerprint density at radius 3 is 2.50 bits per heavy atom. The van der Waals surface area contributed by atoms with E-state index in [1.165, 1.54) is 0 Å². The van der Waals surface area contributed by atoms with Crippen molar-refractivity contribution in [1.82, 2.24) is 15.5 Å². The molecule has 3 aliphatic rings. The van der Waals surface area contributed by atoms with Gasteiger partial charge in [0.2, 0.25) is 11.8 Å². The molecule has 3 aliphatic heterocycles. The molecule has 4 amide bonds. The maximum Gasteiger partial charge on any atom is 0.262 e. The molecule has 0 saturated carbocycles. The average Bonchev–Trinajstić information content (AvgIpc) is 2.78. The van der Waals surface area contributed by atoms with Crippen molar-refractivity contribution >= 4 is 29.3 Å². The second kappa shape index (κ2) is 7.01. The zero-order valence-electron chi connectivity index (χ0n) is 16.0. The molecule has 0 aliphatic carbocycles. The normalized spacial score (nSPS) is 28.3. The molecular formula is C20H24N4O4. The maximum atomic E-state index is 13.0. The van der Waals surface area contributed by atoms with Gasteiger partial charge >= 0.3 is 0 Å². The number of imide groups is 2. The van der Waals surface area contributed by atoms with Gasteiger partial charge in [-0.15, -0.1) is 0 Å². The fourth-order valence-electron chi connectivity index (χ4n) is 4.18. The van der Waals surface area contributed by atoms with Crippen LogP contribution >= 0.6 is 0 Å². The number of nitrogens with zero attached hydrogens (tertiary/aromatic N) is 2. The monoisotopic (exact) mass is 384 g/mol. The molecular weight excluding hydrogens is 360 g/mol. The highest BCUT2D eigenvalue weighted by atomic mass is 16.2. The topological polar surface area (TPSA) is 98.8 Å². The molecule has 3 atom stereocenters. The lowest BCUT2D eigenvalue weighted by Crippen LogP contribution is -2.54. The van der Waals surface area contributed by atoms with E-state index in [1.807, 2.05) is 6.07 Å². The van der Waals surface area contributed by atoms with Gasteiger partial charge in [-0.3, -0.25) is 29.4 Å². The number of carbonyl (C=O) groups excluding carboxylic acids is 4. The van der Waals surface area contributed by atoms with Crippen molar-refractivity contribution in [3.05, 3.63) is 29.3 Å². The van der Waals surface area contributed by atoms with E-state index in [0.29, 0.717) is 23.1 Å². The number of anilines is 1. The van der Waals surface area contributed by atoms with Crippen molar-refractivity contribution in [3.63, 3.8) is 0 Å². The van der Waals surface area contributed by atoms with E-state index in [2.05, 4.69) is 29.4 Å². The standard InChI is InChI=1S/C20H24N4O4/c1-11-8-21-12(2)10-23(9-11)13-3-4-14-15(7-13)20(28)24(19(14)27)16-5-6-17(25)22-18(16)26/h3-4,7,11-12,16,21H,5-6,8-10H2,1-2H3,(H,22,25,26). The summed E-state index contributed by atoms with van der Waals surface area (Å²) in [5.74, 6) is -1.45. The van der Waals surface area contributed by atoms with E-state index in [9.17, 15) is 19.2 Å². The van der Waals surface area contributed by atoms with E-state index >= 15 is 0 Å². The third-order valence-corrected chi connectivity index (χ3v) is 5.63. The Hall–Kier alpha value is -2.74. The van der Waals surface area contributed by atoms with Crippen LogP contribution < -0.4 is 15.5 Å². The van der Waals surface area contributed by atoms with Crippen LogP contribution in [0.5, 0.6) is 0 Å². The van der Waals surface area contributed by atoms with Crippen LogP contribution in [0.4, 0.5) is 5.69 Å². The second-order valence-corrected chi connectivity index (χ2v) is 8.00. The van der Waals surface area contributed by atoms with Crippen LogP contribution in [0.3, 0.4) is 0 Å². The minimum Gasteiger partial charge on any atom is -0.370 e. The molecule has 3 heterocycles. The molecule has 8 heteroatoms. The van der Waals surface area contributed by atoms with Crippen molar-refractivity contribution in [2.45, 2.75) is 38.8 Å². The lowest BCUT2D eigenvalue weighted by molar-refractivity contribution is -0.136. The molecule has 0 aromatic heterocycles. The first-order valence-electron chi connectivity index (χ1n) is 9.69. The Balaban J connectivity index is 1.62. The van der Waals surface area contributed by atoms with Gasteiger partial charge in [0.15, 0.2) is 0 Å². The van der Waals surface area contributed by atoms with Gasteiger partial charge in [0, 0.05) is 31.2 Å². The van der Waals surface area contributed by atoms with Crippen LogP contribution in [0, 0.1) is 5.92 Å². The Morgan fingerprint density at radius 2 is 1.75 bits per heavy atom. The largest absolute Gasteiger partial charge is 0.370 e. The molecule has 148 valence electrons. The van der Waals surface area contributed by atoms with Crippen LogP contribution in [0.15, 0.2) is 18.2 Å². The third-order valence-electron chi connectivity index (χ3n) is 5.63. The number of amides is 4. The molecule has 2 N–H and O–H groups in total. The fraction of sp³-hybridized carbons (Fsp3) is 0.500. The van der Waals surface area contributed by atoms with Gasteiger partial charge in [-0.1, -0.05) is 6.92 Å². The van der Waals surface area contributed by atoms with Gasteiger partial charge in [0.05, 0.1) is 11.1 Å². The molecule has 1 aromatic carbocycles. The van der Waals surface area contributed by atoms with Crippen LogP contribution in [-0.2, 0) is 9.59 Å². The smallest absolute Gasteiger partial charge is 0.262 e. The van der Waals surface area contributed by atoms with E-state index in [4.69, 9.17) is 0 Å². The van der Waals surface area contributed by atoms with E-state index in [1.54, 1.807) is 12.1 Å². The molecule has 8 nitrogen and oxygen atoms in total. The van der Waals surface area contributed by atoms with Gasteiger partial charge in [0.25, 0.3) is 11.8 Å². The van der Waals surface area contributed by atoms with Gasteiger partial charge < -0.3 is 10.2 Å². The number of carbonyl (C=O) groups is 4. The highest BCUT2D eigenvalue weighted by molar-refractivity contribution is 6.23. The SMILES string of the molecule is CC1CNC(C)CN(c2ccc3c(c2)C(=O)N(C2CCC(=O)NC2=O)C3=O)C1. The van der Waals surface area contributed by atoms with Crippen molar-refractivity contribution in [2.24, 2.45) is 5.92 Å². The van der Waals surface area contributed by atoms with Crippen LogP contribution in [0.1, 0.15) is 47.4 Å². The van der Waals surface area contributed by atoms with Gasteiger partial charge in [-0.25, -0.2) is 0 Å². The predicted molar refractivity (Wildman–Crippen MR) is 102 cm³/mol. The number of nitrogens with one attached hydrogen (secondary N) is 2. The second-order valence-electron chi connectivity index (χ2n) is 8.00. The average molecular weight is 384 g/mol. The lowest BCUT2D eigenvalue weighted by atomic mass is 10.0. The molecule has 4 rings (SSSR count). The minimum atomic E-state index is -0.934. The number of fused-ring (bicyclic) bond motifs is 1. The third kappa shape index (κ3) is 3.17. The highest BCUT2D eigenvalue weighted by Gasteiger charge is 2.44. The number of hydrogen-bond acceptors (Lipinski definition) is 6. The van der Waals surface area contributed by atoms with Crippen LogP contribution in [0.2, 0.25) is 0 Å². The summed E-state index contributed by atoms with van der Waals surface area (Å²) < 4.78 is 0. The van der Waals surface area contributed by atoms with E-state index < -0.39 is 23.8 Å². The summed E-state index contributed by atoms with van der Waals surface area (Å²) in [4.78, 5) is 52.6. The molecule has 0 spiro atoms. The van der Waals surface area contributed by atoms with E-state index in [-0.39, 0.29) is 18.7 Å². The number of piperidine rings is 1. The van der Waals surface area contributed by atoms with Crippen LogP contribution in [0.25, 0.3) is 0 Å². The van der Waals surface area contributed by atoms with Crippen molar-refractivity contribution < 1.29 is 19.2 Å². The molecule has 3 unspecified atom stereocenters. The first-order chi connectivity index (χ1) is 13.3. The Morgan fingerprint density at radius 1 is 1.00 bits per heavy atom. The number of benzene rings is 1. The fourth-order valence-corrected chi connectivity index (χ4v) is 4.18. The van der Waals surface area contributed by atoms with Gasteiger partial charge in [-0.05, 0) is 44.0 Å². The lowest BCUT2D eigenvalue weighted by Gasteiger charge is -2.27. The predicted octanol–water partition coefficient (Wildman–Crippen LogP) is 0.522. The maximum absolute atomic E-state index is 13.0. The molecule has 2 saturated heterocycles. The molecule has 28 heavy (non-hydrogen) atoms. The summed E-state index contributed by atoms with van der Waals surface area (Å²) in [5, 5.41) is 5.69. The zero-order valence-corrected chi connectivity index (χ0v) is 16.0. The van der Waals surface area contributed by atoms with Crippen molar-refractivity contribution in [1.29, 1.82) is 0 Å². The quantitative estimate of drug-likeness (QED) is 0.722. The summed E-state index contributed by atoms with van der Waals surface area (Å²) in [5.41, 5.74) is 1.53. The van der Waals surface area contributed by atoms with Crippen LogP contribution in [-0.4, -0.2) is 60.2 Å². The minimum absolute atomic E-state index is 0.117.